The fourth-order valence-corrected chi connectivity index (χ4v) is 2.20. The maximum absolute atomic E-state index is 13.3. The summed E-state index contributed by atoms with van der Waals surface area (Å²) in [6, 6.07) is 6.48. The third-order valence-corrected chi connectivity index (χ3v) is 3.51. The van der Waals surface area contributed by atoms with E-state index in [-0.39, 0.29) is 5.82 Å². The van der Waals surface area contributed by atoms with Gasteiger partial charge < -0.3 is 5.32 Å². The highest BCUT2D eigenvalue weighted by Crippen LogP contribution is 2.26. The van der Waals surface area contributed by atoms with Gasteiger partial charge in [-0.15, -0.1) is 10.2 Å². The summed E-state index contributed by atoms with van der Waals surface area (Å²) in [6.07, 6.45) is 1.92. The Hall–Kier alpha value is -1.14. The van der Waals surface area contributed by atoms with Gasteiger partial charge in [-0.05, 0) is 18.4 Å². The number of halogens is 1. The third kappa shape index (κ3) is 2.45. The van der Waals surface area contributed by atoms with Crippen LogP contribution in [0.3, 0.4) is 0 Å². The summed E-state index contributed by atoms with van der Waals surface area (Å²) in [5.41, 5.74) is 0.418. The van der Waals surface area contributed by atoms with Gasteiger partial charge in [0.15, 0.2) is 4.34 Å². The van der Waals surface area contributed by atoms with Crippen LogP contribution in [0.1, 0.15) is 0 Å². The van der Waals surface area contributed by atoms with E-state index in [0.29, 0.717) is 10.8 Å². The lowest BCUT2D eigenvalue weighted by atomic mass is 10.3. The molecule has 78 valence electrons. The van der Waals surface area contributed by atoms with Crippen LogP contribution >= 0.6 is 23.1 Å². The van der Waals surface area contributed by atoms with Crippen molar-refractivity contribution in [3.63, 3.8) is 0 Å². The molecule has 0 fully saturated rings. The van der Waals surface area contributed by atoms with E-state index in [2.05, 4.69) is 15.5 Å². The number of rotatable bonds is 3. The van der Waals surface area contributed by atoms with E-state index >= 15 is 0 Å². The highest BCUT2D eigenvalue weighted by molar-refractivity contribution is 8.00. The van der Waals surface area contributed by atoms with Gasteiger partial charge in [-0.2, -0.15) is 0 Å². The summed E-state index contributed by atoms with van der Waals surface area (Å²) >= 11 is 2.91. The van der Waals surface area contributed by atoms with Gasteiger partial charge in [0.25, 0.3) is 0 Å². The number of hydrogen-bond acceptors (Lipinski definition) is 5. The first-order valence-electron chi connectivity index (χ1n) is 4.18. The lowest BCUT2D eigenvalue weighted by molar-refractivity contribution is 0.632. The molecule has 0 radical (unpaired) electrons. The minimum Gasteiger partial charge on any atom is -0.328 e. The number of anilines is 2. The van der Waals surface area contributed by atoms with Crippen LogP contribution in [0, 0.1) is 5.82 Å². The Balaban J connectivity index is 2.18. The van der Waals surface area contributed by atoms with Gasteiger partial charge in [0.2, 0.25) is 5.13 Å². The van der Waals surface area contributed by atoms with Crippen molar-refractivity contribution in [3.8, 4) is 0 Å². The third-order valence-electron chi connectivity index (χ3n) is 1.70. The van der Waals surface area contributed by atoms with Gasteiger partial charge in [-0.25, -0.2) is 4.39 Å². The Bertz CT molecular complexity index is 458. The van der Waals surface area contributed by atoms with Gasteiger partial charge in [0.1, 0.15) is 5.82 Å². The first-order valence-corrected chi connectivity index (χ1v) is 6.23. The molecular formula is C9H8FN3S2. The fourth-order valence-electron chi connectivity index (χ4n) is 1.02. The second-order valence-electron chi connectivity index (χ2n) is 2.68. The zero-order chi connectivity index (χ0) is 10.7. The van der Waals surface area contributed by atoms with Gasteiger partial charge in [0, 0.05) is 0 Å². The summed E-state index contributed by atoms with van der Waals surface area (Å²) in [5, 5.41) is 11.3. The molecule has 1 heterocycles. The van der Waals surface area contributed by atoms with Crippen molar-refractivity contribution in [2.75, 3.05) is 11.6 Å². The molecule has 6 heteroatoms. The van der Waals surface area contributed by atoms with Crippen molar-refractivity contribution in [2.24, 2.45) is 0 Å². The molecule has 2 rings (SSSR count). The molecule has 1 aromatic carbocycles. The smallest absolute Gasteiger partial charge is 0.210 e. The first kappa shape index (κ1) is 10.4. The van der Waals surface area contributed by atoms with Crippen LogP contribution in [0.25, 0.3) is 0 Å². The molecule has 0 saturated heterocycles. The summed E-state index contributed by atoms with van der Waals surface area (Å²) in [6.45, 7) is 0. The quantitative estimate of drug-likeness (QED) is 0.838. The average molecular weight is 241 g/mol. The number of aromatic nitrogens is 2. The van der Waals surface area contributed by atoms with Crippen molar-refractivity contribution >= 4 is 33.9 Å². The summed E-state index contributed by atoms with van der Waals surface area (Å²) in [7, 11) is 0. The van der Waals surface area contributed by atoms with Crippen molar-refractivity contribution in [1.29, 1.82) is 0 Å². The monoisotopic (exact) mass is 241 g/mol. The lowest BCUT2D eigenvalue weighted by Gasteiger charge is -2.01. The Morgan fingerprint density at radius 3 is 2.80 bits per heavy atom. The normalized spacial score (nSPS) is 10.3. The van der Waals surface area contributed by atoms with E-state index in [4.69, 9.17) is 0 Å². The van der Waals surface area contributed by atoms with Crippen molar-refractivity contribution in [2.45, 2.75) is 4.34 Å². The van der Waals surface area contributed by atoms with E-state index in [0.717, 1.165) is 4.34 Å². The molecule has 0 unspecified atom stereocenters. The van der Waals surface area contributed by atoms with E-state index in [9.17, 15) is 4.39 Å². The fraction of sp³-hybridized carbons (Fsp3) is 0.111. The molecule has 0 aliphatic rings. The zero-order valence-corrected chi connectivity index (χ0v) is 9.53. The second-order valence-corrected chi connectivity index (χ2v) is 4.71. The van der Waals surface area contributed by atoms with Crippen LogP contribution in [0.4, 0.5) is 15.2 Å². The van der Waals surface area contributed by atoms with Crippen LogP contribution < -0.4 is 5.32 Å². The van der Waals surface area contributed by atoms with Crippen molar-refractivity contribution in [1.82, 2.24) is 10.2 Å². The van der Waals surface area contributed by atoms with Crippen LogP contribution in [0.2, 0.25) is 0 Å². The van der Waals surface area contributed by atoms with E-state index in [1.54, 1.807) is 18.2 Å². The van der Waals surface area contributed by atoms with Gasteiger partial charge >= 0.3 is 0 Å². The summed E-state index contributed by atoms with van der Waals surface area (Å²) in [5.74, 6) is -0.293. The van der Waals surface area contributed by atoms with E-state index < -0.39 is 0 Å². The molecule has 0 aliphatic heterocycles. The Morgan fingerprint density at radius 2 is 2.13 bits per heavy atom. The molecule has 1 N–H and O–H groups in total. The Kier molecular flexibility index (Phi) is 3.17. The topological polar surface area (TPSA) is 37.8 Å². The second kappa shape index (κ2) is 4.59. The molecule has 0 bridgehead atoms. The van der Waals surface area contributed by atoms with Crippen LogP contribution in [-0.2, 0) is 0 Å². The number of nitrogens with zero attached hydrogens (tertiary/aromatic N) is 2. The molecule has 0 atom stereocenters. The number of para-hydroxylation sites is 1. The van der Waals surface area contributed by atoms with Gasteiger partial charge in [0.05, 0.1) is 5.69 Å². The van der Waals surface area contributed by atoms with Gasteiger partial charge in [-0.3, -0.25) is 0 Å². The number of thioether (sulfide) groups is 1. The number of benzene rings is 1. The van der Waals surface area contributed by atoms with Crippen molar-refractivity contribution in [3.05, 3.63) is 30.1 Å². The van der Waals surface area contributed by atoms with Gasteiger partial charge in [-0.1, -0.05) is 35.2 Å². The Labute approximate surface area is 94.7 Å². The molecule has 0 aliphatic carbocycles. The number of hydrogen-bond donors (Lipinski definition) is 1. The predicted molar refractivity (Wildman–Crippen MR) is 61.4 cm³/mol. The molecular weight excluding hydrogens is 233 g/mol. The molecule has 0 saturated carbocycles. The molecule has 2 aromatic rings. The Morgan fingerprint density at radius 1 is 1.33 bits per heavy atom. The van der Waals surface area contributed by atoms with E-state index in [1.807, 2.05) is 6.26 Å². The standard InChI is InChI=1S/C9H8FN3S2/c1-14-9-13-12-8(15-9)11-7-5-3-2-4-6(7)10/h2-5H,1H3,(H,11,12). The first-order chi connectivity index (χ1) is 7.29. The van der Waals surface area contributed by atoms with Crippen molar-refractivity contribution < 1.29 is 4.39 Å². The maximum Gasteiger partial charge on any atom is 0.210 e. The minimum atomic E-state index is -0.293. The largest absolute Gasteiger partial charge is 0.328 e. The summed E-state index contributed by atoms with van der Waals surface area (Å²) < 4.78 is 14.1. The molecule has 3 nitrogen and oxygen atoms in total. The van der Waals surface area contributed by atoms with Crippen LogP contribution in [0.5, 0.6) is 0 Å². The van der Waals surface area contributed by atoms with E-state index in [1.165, 1.54) is 29.2 Å². The molecule has 0 amide bonds. The average Bonchev–Trinajstić information content (AvgIpc) is 2.69. The maximum atomic E-state index is 13.3. The lowest BCUT2D eigenvalue weighted by Crippen LogP contribution is -1.92. The minimum absolute atomic E-state index is 0.293. The predicted octanol–water partition coefficient (Wildman–Crippen LogP) is 3.14. The SMILES string of the molecule is CSc1nnc(Nc2ccccc2F)s1. The molecule has 0 spiro atoms. The molecule has 1 aromatic heterocycles. The number of nitrogens with one attached hydrogen (secondary N) is 1. The highest BCUT2D eigenvalue weighted by Gasteiger charge is 2.05. The summed E-state index contributed by atoms with van der Waals surface area (Å²) in [4.78, 5) is 0. The zero-order valence-electron chi connectivity index (χ0n) is 7.90. The highest BCUT2D eigenvalue weighted by atomic mass is 32.2. The van der Waals surface area contributed by atoms with Crippen LogP contribution in [0.15, 0.2) is 28.6 Å². The van der Waals surface area contributed by atoms with Crippen LogP contribution in [-0.4, -0.2) is 16.5 Å². The molecule has 15 heavy (non-hydrogen) atoms.